The second-order valence-corrected chi connectivity index (χ2v) is 3.93. The van der Waals surface area contributed by atoms with Crippen molar-refractivity contribution < 1.29 is 19.2 Å². The van der Waals surface area contributed by atoms with E-state index < -0.39 is 10.7 Å². The molecule has 1 atom stereocenters. The summed E-state index contributed by atoms with van der Waals surface area (Å²) in [6.45, 7) is 2.07. The topological polar surface area (TPSA) is 84.6 Å². The Bertz CT molecular complexity index is 439. The van der Waals surface area contributed by atoms with Crippen molar-refractivity contribution in [2.24, 2.45) is 5.92 Å². The number of anilines is 1. The molecule has 2 N–H and O–H groups in total. The van der Waals surface area contributed by atoms with E-state index in [0.29, 0.717) is 6.54 Å². The lowest BCUT2D eigenvalue weighted by atomic mass is 10.2. The molecular weight excluding hydrogens is 243 g/mol. The second kappa shape index (κ2) is 6.15. The maximum Gasteiger partial charge on any atom is 0.295 e. The SMILES string of the molecule is COc1cc(NCC(C)CO)c([N+](=O)[O-])cc1F. The van der Waals surface area contributed by atoms with Crippen LogP contribution in [0.2, 0.25) is 0 Å². The van der Waals surface area contributed by atoms with Gasteiger partial charge in [0, 0.05) is 19.2 Å². The summed E-state index contributed by atoms with van der Waals surface area (Å²) >= 11 is 0. The Labute approximate surface area is 104 Å². The first-order chi connectivity index (χ1) is 8.49. The van der Waals surface area contributed by atoms with Gasteiger partial charge in [0.2, 0.25) is 0 Å². The summed E-state index contributed by atoms with van der Waals surface area (Å²) in [6.07, 6.45) is 0. The van der Waals surface area contributed by atoms with Crippen molar-refractivity contribution in [3.8, 4) is 5.75 Å². The fraction of sp³-hybridized carbons (Fsp3) is 0.455. The highest BCUT2D eigenvalue weighted by Crippen LogP contribution is 2.31. The summed E-state index contributed by atoms with van der Waals surface area (Å²) in [6, 6.07) is 2.04. The highest BCUT2D eigenvalue weighted by atomic mass is 19.1. The third-order valence-electron chi connectivity index (χ3n) is 2.42. The van der Waals surface area contributed by atoms with Crippen molar-refractivity contribution in [1.29, 1.82) is 0 Å². The fourth-order valence-electron chi connectivity index (χ4n) is 1.34. The molecule has 0 aliphatic rings. The molecule has 1 unspecified atom stereocenters. The number of rotatable bonds is 6. The summed E-state index contributed by atoms with van der Waals surface area (Å²) in [7, 11) is 1.28. The van der Waals surface area contributed by atoms with E-state index in [0.717, 1.165) is 6.07 Å². The minimum atomic E-state index is -0.787. The average Bonchev–Trinajstić information content (AvgIpc) is 2.36. The van der Waals surface area contributed by atoms with Gasteiger partial charge in [-0.3, -0.25) is 10.1 Å². The van der Waals surface area contributed by atoms with Crippen LogP contribution in [0.1, 0.15) is 6.92 Å². The molecule has 1 aromatic carbocycles. The highest BCUT2D eigenvalue weighted by Gasteiger charge is 2.19. The predicted octanol–water partition coefficient (Wildman–Crippen LogP) is 1.78. The summed E-state index contributed by atoms with van der Waals surface area (Å²) in [5.41, 5.74) is -0.197. The molecule has 0 aliphatic heterocycles. The number of hydrogen-bond acceptors (Lipinski definition) is 5. The van der Waals surface area contributed by atoms with Crippen LogP contribution in [0.15, 0.2) is 12.1 Å². The number of nitrogens with one attached hydrogen (secondary N) is 1. The molecule has 0 heterocycles. The number of aliphatic hydroxyl groups excluding tert-OH is 1. The first-order valence-electron chi connectivity index (χ1n) is 5.36. The van der Waals surface area contributed by atoms with Crippen LogP contribution in [-0.2, 0) is 0 Å². The minimum Gasteiger partial charge on any atom is -0.494 e. The molecule has 1 aromatic rings. The molecular formula is C11H15FN2O4. The maximum absolute atomic E-state index is 13.4. The van der Waals surface area contributed by atoms with Gasteiger partial charge < -0.3 is 15.2 Å². The quantitative estimate of drug-likeness (QED) is 0.600. The number of hydrogen-bond donors (Lipinski definition) is 2. The molecule has 0 aromatic heterocycles. The van der Waals surface area contributed by atoms with E-state index in [-0.39, 0.29) is 29.6 Å². The van der Waals surface area contributed by atoms with Crippen LogP contribution >= 0.6 is 0 Å². The van der Waals surface area contributed by atoms with Crippen LogP contribution in [0.5, 0.6) is 5.75 Å². The third-order valence-corrected chi connectivity index (χ3v) is 2.42. The van der Waals surface area contributed by atoms with Gasteiger partial charge in [-0.15, -0.1) is 0 Å². The number of nitro benzene ring substituents is 1. The number of aliphatic hydroxyl groups is 1. The molecule has 18 heavy (non-hydrogen) atoms. The zero-order valence-electron chi connectivity index (χ0n) is 10.1. The standard InChI is InChI=1S/C11H15FN2O4/c1-7(6-15)5-13-9-4-11(18-2)8(12)3-10(9)14(16)17/h3-4,7,13,15H,5-6H2,1-2H3. The van der Waals surface area contributed by atoms with E-state index in [1.807, 2.05) is 0 Å². The van der Waals surface area contributed by atoms with Gasteiger partial charge in [-0.05, 0) is 5.92 Å². The van der Waals surface area contributed by atoms with Crippen LogP contribution in [0, 0.1) is 21.8 Å². The molecule has 100 valence electrons. The lowest BCUT2D eigenvalue weighted by Gasteiger charge is -2.12. The third kappa shape index (κ3) is 3.30. The van der Waals surface area contributed by atoms with Crippen LogP contribution in [0.25, 0.3) is 0 Å². The van der Waals surface area contributed by atoms with Gasteiger partial charge in [0.25, 0.3) is 5.69 Å². The predicted molar refractivity (Wildman–Crippen MR) is 64.3 cm³/mol. The largest absolute Gasteiger partial charge is 0.494 e. The molecule has 6 nitrogen and oxygen atoms in total. The highest BCUT2D eigenvalue weighted by molar-refractivity contribution is 5.64. The van der Waals surface area contributed by atoms with Gasteiger partial charge in [0.1, 0.15) is 5.69 Å². The van der Waals surface area contributed by atoms with Crippen molar-refractivity contribution in [3.63, 3.8) is 0 Å². The Morgan fingerprint density at radius 3 is 2.78 bits per heavy atom. The smallest absolute Gasteiger partial charge is 0.295 e. The molecule has 0 spiro atoms. The molecule has 0 saturated carbocycles. The molecule has 0 bridgehead atoms. The lowest BCUT2D eigenvalue weighted by Crippen LogP contribution is -2.15. The van der Waals surface area contributed by atoms with E-state index in [1.165, 1.54) is 13.2 Å². The number of halogens is 1. The van der Waals surface area contributed by atoms with Gasteiger partial charge in [-0.1, -0.05) is 6.92 Å². The van der Waals surface area contributed by atoms with Gasteiger partial charge in [0.05, 0.1) is 18.1 Å². The van der Waals surface area contributed by atoms with E-state index in [1.54, 1.807) is 6.92 Å². The summed E-state index contributed by atoms with van der Waals surface area (Å²) in [4.78, 5) is 10.1. The van der Waals surface area contributed by atoms with Crippen molar-refractivity contribution in [3.05, 3.63) is 28.1 Å². The molecule has 0 fully saturated rings. The Morgan fingerprint density at radius 2 is 2.28 bits per heavy atom. The van der Waals surface area contributed by atoms with Crippen LogP contribution < -0.4 is 10.1 Å². The van der Waals surface area contributed by atoms with Crippen LogP contribution in [0.3, 0.4) is 0 Å². The lowest BCUT2D eigenvalue weighted by molar-refractivity contribution is -0.384. The van der Waals surface area contributed by atoms with Crippen molar-refractivity contribution in [1.82, 2.24) is 0 Å². The molecule has 0 amide bonds. The number of nitrogens with zero attached hydrogens (tertiary/aromatic N) is 1. The molecule has 7 heteroatoms. The van der Waals surface area contributed by atoms with E-state index >= 15 is 0 Å². The molecule has 0 aliphatic carbocycles. The first-order valence-corrected chi connectivity index (χ1v) is 5.36. The second-order valence-electron chi connectivity index (χ2n) is 3.93. The summed E-state index contributed by atoms with van der Waals surface area (Å²) in [5.74, 6) is -0.926. The van der Waals surface area contributed by atoms with E-state index in [9.17, 15) is 14.5 Å². The number of nitro groups is 1. The Balaban J connectivity index is 3.02. The van der Waals surface area contributed by atoms with Crippen molar-refractivity contribution in [2.45, 2.75) is 6.92 Å². The Kier molecular flexibility index (Phi) is 4.85. The number of ether oxygens (including phenoxy) is 1. The summed E-state index contributed by atoms with van der Waals surface area (Å²) < 4.78 is 18.1. The number of methoxy groups -OCH3 is 1. The zero-order chi connectivity index (χ0) is 13.7. The fourth-order valence-corrected chi connectivity index (χ4v) is 1.34. The minimum absolute atomic E-state index is 0.0425. The van der Waals surface area contributed by atoms with Crippen molar-refractivity contribution in [2.75, 3.05) is 25.6 Å². The van der Waals surface area contributed by atoms with Gasteiger partial charge in [-0.25, -0.2) is 4.39 Å². The molecule has 1 rings (SSSR count). The van der Waals surface area contributed by atoms with Crippen LogP contribution in [-0.4, -0.2) is 30.3 Å². The van der Waals surface area contributed by atoms with E-state index in [4.69, 9.17) is 9.84 Å². The summed E-state index contributed by atoms with van der Waals surface area (Å²) in [5, 5.41) is 22.5. The first kappa shape index (κ1) is 14.2. The van der Waals surface area contributed by atoms with Gasteiger partial charge in [0.15, 0.2) is 11.6 Å². The van der Waals surface area contributed by atoms with Gasteiger partial charge >= 0.3 is 0 Å². The maximum atomic E-state index is 13.4. The Morgan fingerprint density at radius 1 is 1.61 bits per heavy atom. The zero-order valence-corrected chi connectivity index (χ0v) is 10.1. The monoisotopic (exact) mass is 258 g/mol. The van der Waals surface area contributed by atoms with Gasteiger partial charge in [-0.2, -0.15) is 0 Å². The normalized spacial score (nSPS) is 12.0. The molecule has 0 radical (unpaired) electrons. The van der Waals surface area contributed by atoms with Crippen LogP contribution in [0.4, 0.5) is 15.8 Å². The van der Waals surface area contributed by atoms with E-state index in [2.05, 4.69) is 5.32 Å². The van der Waals surface area contributed by atoms with Crippen molar-refractivity contribution >= 4 is 11.4 Å². The number of benzene rings is 1. The average molecular weight is 258 g/mol. The molecule has 0 saturated heterocycles. The Hall–Kier alpha value is -1.89.